The summed E-state index contributed by atoms with van der Waals surface area (Å²) in [4.78, 5) is 19.4. The maximum absolute atomic E-state index is 12.7. The number of nitrogens with zero attached hydrogens (tertiary/aromatic N) is 2. The molecule has 5 heteroatoms. The van der Waals surface area contributed by atoms with Gasteiger partial charge < -0.3 is 9.64 Å². The van der Waals surface area contributed by atoms with Crippen molar-refractivity contribution in [2.75, 3.05) is 11.4 Å². The lowest BCUT2D eigenvalue weighted by Crippen LogP contribution is -2.45. The molecule has 1 atom stereocenters. The molecule has 1 aliphatic heterocycles. The van der Waals surface area contributed by atoms with Crippen molar-refractivity contribution in [1.29, 1.82) is 0 Å². The second kappa shape index (κ2) is 7.76. The molecular formula is C23H24N2O2S. The minimum atomic E-state index is -0.450. The van der Waals surface area contributed by atoms with Crippen LogP contribution < -0.4 is 9.64 Å². The van der Waals surface area contributed by atoms with E-state index in [-0.39, 0.29) is 5.91 Å². The molecule has 0 N–H and O–H groups in total. The van der Waals surface area contributed by atoms with Crippen LogP contribution in [0.25, 0.3) is 21.8 Å². The van der Waals surface area contributed by atoms with Gasteiger partial charge >= 0.3 is 0 Å². The zero-order valence-electron chi connectivity index (χ0n) is 16.4. The Morgan fingerprint density at radius 3 is 2.68 bits per heavy atom. The van der Waals surface area contributed by atoms with Gasteiger partial charge in [0.25, 0.3) is 5.91 Å². The highest BCUT2D eigenvalue weighted by Gasteiger charge is 2.31. The lowest BCUT2D eigenvalue weighted by atomic mass is 10.1. The number of aromatic nitrogens is 1. The van der Waals surface area contributed by atoms with Crippen LogP contribution in [-0.4, -0.2) is 23.5 Å². The number of benzene rings is 2. The van der Waals surface area contributed by atoms with Gasteiger partial charge in [0.05, 0.1) is 11.4 Å². The van der Waals surface area contributed by atoms with Gasteiger partial charge in [-0.2, -0.15) is 0 Å². The van der Waals surface area contributed by atoms with Gasteiger partial charge in [0.1, 0.15) is 10.8 Å². The van der Waals surface area contributed by atoms with Crippen LogP contribution in [0.4, 0.5) is 5.69 Å². The predicted molar refractivity (Wildman–Crippen MR) is 115 cm³/mol. The molecule has 0 bridgehead atoms. The van der Waals surface area contributed by atoms with Crippen molar-refractivity contribution in [2.24, 2.45) is 5.92 Å². The van der Waals surface area contributed by atoms with E-state index in [1.165, 1.54) is 0 Å². The van der Waals surface area contributed by atoms with Gasteiger partial charge in [0.2, 0.25) is 0 Å². The maximum atomic E-state index is 12.7. The summed E-state index contributed by atoms with van der Waals surface area (Å²) >= 11 is 1.63. The highest BCUT2D eigenvalue weighted by Crippen LogP contribution is 2.38. The molecule has 1 unspecified atom stereocenters. The third-order valence-corrected chi connectivity index (χ3v) is 5.81. The van der Waals surface area contributed by atoms with Crippen LogP contribution in [0.3, 0.4) is 0 Å². The highest BCUT2D eigenvalue weighted by molar-refractivity contribution is 7.13. The first kappa shape index (κ1) is 18.7. The highest BCUT2D eigenvalue weighted by atomic mass is 32.1. The van der Waals surface area contributed by atoms with E-state index in [1.54, 1.807) is 11.3 Å². The first-order valence-electron chi connectivity index (χ1n) is 9.66. The molecule has 1 amide bonds. The van der Waals surface area contributed by atoms with Gasteiger partial charge in [-0.25, -0.2) is 4.98 Å². The van der Waals surface area contributed by atoms with Crippen molar-refractivity contribution in [3.63, 3.8) is 0 Å². The Bertz CT molecular complexity index is 981. The van der Waals surface area contributed by atoms with E-state index in [4.69, 9.17) is 9.72 Å². The Kier molecular flexibility index (Phi) is 5.18. The first-order chi connectivity index (χ1) is 13.5. The monoisotopic (exact) mass is 392 g/mol. The molecule has 144 valence electrons. The lowest BCUT2D eigenvalue weighted by molar-refractivity contribution is -0.125. The molecule has 2 aromatic carbocycles. The molecule has 2 heterocycles. The number of fused-ring (bicyclic) bond motifs is 1. The molecule has 4 nitrogen and oxygen atoms in total. The molecule has 28 heavy (non-hydrogen) atoms. The molecule has 1 aromatic heterocycles. The summed E-state index contributed by atoms with van der Waals surface area (Å²) in [7, 11) is 0. The van der Waals surface area contributed by atoms with E-state index in [1.807, 2.05) is 48.2 Å². The Labute approximate surface area is 169 Å². The third-order valence-electron chi connectivity index (χ3n) is 4.92. The number of rotatable bonds is 5. The summed E-state index contributed by atoms with van der Waals surface area (Å²) < 4.78 is 5.84. The summed E-state index contributed by atoms with van der Waals surface area (Å²) in [5.74, 6) is 1.32. The molecule has 3 aromatic rings. The van der Waals surface area contributed by atoms with Crippen LogP contribution >= 0.6 is 11.3 Å². The van der Waals surface area contributed by atoms with Crippen LogP contribution in [0, 0.1) is 5.92 Å². The average molecular weight is 393 g/mol. The number of carbonyl (C=O) groups is 1. The van der Waals surface area contributed by atoms with Crippen molar-refractivity contribution >= 4 is 22.9 Å². The van der Waals surface area contributed by atoms with E-state index in [2.05, 4.69) is 31.4 Å². The van der Waals surface area contributed by atoms with Gasteiger partial charge in [-0.1, -0.05) is 44.2 Å². The van der Waals surface area contributed by atoms with Crippen LogP contribution in [0.5, 0.6) is 5.75 Å². The fraction of sp³-hybridized carbons (Fsp3) is 0.304. The Hall–Kier alpha value is -2.66. The molecule has 0 saturated heterocycles. The van der Waals surface area contributed by atoms with Gasteiger partial charge in [-0.05, 0) is 37.5 Å². The van der Waals surface area contributed by atoms with Crippen LogP contribution in [-0.2, 0) is 4.79 Å². The second-order valence-electron chi connectivity index (χ2n) is 7.52. The van der Waals surface area contributed by atoms with Crippen molar-refractivity contribution in [3.05, 3.63) is 53.9 Å². The van der Waals surface area contributed by atoms with Crippen molar-refractivity contribution in [2.45, 2.75) is 33.3 Å². The Balaban J connectivity index is 1.68. The molecule has 0 spiro atoms. The summed E-state index contributed by atoms with van der Waals surface area (Å²) in [6.07, 6.45) is 0.506. The van der Waals surface area contributed by atoms with Crippen LogP contribution in [0.2, 0.25) is 0 Å². The van der Waals surface area contributed by atoms with E-state index in [9.17, 15) is 4.79 Å². The summed E-state index contributed by atoms with van der Waals surface area (Å²) in [5.41, 5.74) is 3.87. The third kappa shape index (κ3) is 3.67. The van der Waals surface area contributed by atoms with Gasteiger partial charge in [0, 0.05) is 23.1 Å². The maximum Gasteiger partial charge on any atom is 0.267 e. The molecule has 1 aliphatic rings. The quantitative estimate of drug-likeness (QED) is 0.564. The smallest absolute Gasteiger partial charge is 0.267 e. The number of amides is 1. The van der Waals surface area contributed by atoms with Gasteiger partial charge in [0.15, 0.2) is 6.10 Å². The van der Waals surface area contributed by atoms with Crippen molar-refractivity contribution in [3.8, 4) is 27.6 Å². The number of anilines is 1. The summed E-state index contributed by atoms with van der Waals surface area (Å²) in [5, 5.41) is 3.06. The number of hydrogen-bond donors (Lipinski definition) is 0. The summed E-state index contributed by atoms with van der Waals surface area (Å²) in [6.45, 7) is 6.86. The van der Waals surface area contributed by atoms with Crippen LogP contribution in [0.1, 0.15) is 27.2 Å². The number of thiazole rings is 1. The minimum absolute atomic E-state index is 0.0218. The molecule has 0 fully saturated rings. The van der Waals surface area contributed by atoms with Crippen LogP contribution in [0.15, 0.2) is 53.9 Å². The van der Waals surface area contributed by atoms with Crippen molar-refractivity contribution < 1.29 is 9.53 Å². The minimum Gasteiger partial charge on any atom is -0.479 e. The van der Waals surface area contributed by atoms with Gasteiger partial charge in [-0.15, -0.1) is 11.3 Å². The predicted octanol–water partition coefficient (Wildman–Crippen LogP) is 5.64. The topological polar surface area (TPSA) is 42.4 Å². The summed E-state index contributed by atoms with van der Waals surface area (Å²) in [6, 6.07) is 16.2. The molecule has 4 rings (SSSR count). The Morgan fingerprint density at radius 2 is 1.93 bits per heavy atom. The molecule has 0 saturated carbocycles. The fourth-order valence-corrected chi connectivity index (χ4v) is 4.14. The second-order valence-corrected chi connectivity index (χ2v) is 8.38. The van der Waals surface area contributed by atoms with E-state index in [0.717, 1.165) is 39.7 Å². The number of carbonyl (C=O) groups excluding carboxylic acids is 1. The first-order valence-corrected chi connectivity index (χ1v) is 10.5. The molecule has 0 aliphatic carbocycles. The van der Waals surface area contributed by atoms with Crippen molar-refractivity contribution in [1.82, 2.24) is 4.98 Å². The zero-order valence-corrected chi connectivity index (χ0v) is 17.2. The molecule has 0 radical (unpaired) electrons. The fourth-order valence-electron chi connectivity index (χ4n) is 3.30. The lowest BCUT2D eigenvalue weighted by Gasteiger charge is -2.33. The largest absolute Gasteiger partial charge is 0.479 e. The SMILES string of the molecule is CC(C)CCN1C(=O)C(C)Oc2ccc(-c3csc(-c4ccccc4)n3)cc21. The molecular weight excluding hydrogens is 368 g/mol. The number of hydrogen-bond acceptors (Lipinski definition) is 4. The standard InChI is InChI=1S/C23H24N2O2S/c1-15(2)11-12-25-20-13-18(9-10-21(20)27-16(3)23(25)26)19-14-28-22(24-19)17-7-5-4-6-8-17/h4-10,13-16H,11-12H2,1-3H3. The van der Waals surface area contributed by atoms with E-state index < -0.39 is 6.10 Å². The number of ether oxygens (including phenoxy) is 1. The zero-order chi connectivity index (χ0) is 19.7. The average Bonchev–Trinajstić information content (AvgIpc) is 3.19. The van der Waals surface area contributed by atoms with Gasteiger partial charge in [-0.3, -0.25) is 4.79 Å². The van der Waals surface area contributed by atoms with E-state index in [0.29, 0.717) is 12.5 Å². The normalized spacial score (nSPS) is 16.2. The van der Waals surface area contributed by atoms with E-state index >= 15 is 0 Å². The Morgan fingerprint density at radius 1 is 1.14 bits per heavy atom.